The number of rotatable bonds is 2. The van der Waals surface area contributed by atoms with Crippen molar-refractivity contribution in [3.63, 3.8) is 0 Å². The fourth-order valence-electron chi connectivity index (χ4n) is 3.13. The highest BCUT2D eigenvalue weighted by Crippen LogP contribution is 2.45. The molecule has 1 saturated carbocycles. The van der Waals surface area contributed by atoms with Crippen molar-refractivity contribution in [3.05, 3.63) is 27.7 Å². The van der Waals surface area contributed by atoms with Gasteiger partial charge in [0.05, 0.1) is 5.69 Å². The molecule has 1 aliphatic rings. The van der Waals surface area contributed by atoms with Crippen LogP contribution in [0, 0.1) is 17.3 Å². The lowest BCUT2D eigenvalue weighted by Crippen LogP contribution is -2.50. The van der Waals surface area contributed by atoms with Crippen molar-refractivity contribution in [2.24, 2.45) is 23.0 Å². The van der Waals surface area contributed by atoms with E-state index in [4.69, 9.17) is 17.3 Å². The van der Waals surface area contributed by atoms with Gasteiger partial charge in [0, 0.05) is 21.5 Å². The van der Waals surface area contributed by atoms with Crippen molar-refractivity contribution in [2.45, 2.75) is 39.7 Å². The minimum atomic E-state index is -0.118. The predicted molar refractivity (Wildman–Crippen MR) is 91.4 cm³/mol. The molecule has 21 heavy (non-hydrogen) atoms. The second-order valence-corrected chi connectivity index (χ2v) is 7.81. The maximum absolute atomic E-state index is 12.7. The van der Waals surface area contributed by atoms with Gasteiger partial charge in [-0.05, 0) is 58.3 Å². The van der Waals surface area contributed by atoms with Crippen LogP contribution < -0.4 is 11.1 Å². The third-order valence-electron chi connectivity index (χ3n) is 5.01. The molecule has 0 aromatic heterocycles. The number of hydrogen-bond acceptors (Lipinski definition) is 2. The molecule has 116 valence electrons. The summed E-state index contributed by atoms with van der Waals surface area (Å²) in [6.07, 6.45) is 1.71. The third-order valence-corrected chi connectivity index (χ3v) is 5.93. The van der Waals surface area contributed by atoms with Gasteiger partial charge in [-0.15, -0.1) is 0 Å². The number of carbonyl (C=O) groups excluding carboxylic acids is 1. The molecule has 0 spiro atoms. The largest absolute Gasteiger partial charge is 0.327 e. The van der Waals surface area contributed by atoms with E-state index in [1.165, 1.54) is 0 Å². The standard InChI is InChI=1S/C16H22BrClN2O/c1-9-13(19)7-5-11(16(9,2)3)15(21)20-14-8-10(18)4-6-12(14)17/h4,6,8-9,11,13H,5,7,19H2,1-3H3,(H,20,21). The van der Waals surface area contributed by atoms with Crippen molar-refractivity contribution < 1.29 is 4.79 Å². The predicted octanol–water partition coefficient (Wildman–Crippen LogP) is 4.44. The van der Waals surface area contributed by atoms with E-state index in [1.54, 1.807) is 12.1 Å². The second-order valence-electron chi connectivity index (χ2n) is 6.52. The van der Waals surface area contributed by atoms with Crippen molar-refractivity contribution in [1.29, 1.82) is 0 Å². The summed E-state index contributed by atoms with van der Waals surface area (Å²) in [5, 5.41) is 3.60. The quantitative estimate of drug-likeness (QED) is 0.805. The van der Waals surface area contributed by atoms with Crippen LogP contribution in [0.4, 0.5) is 5.69 Å². The van der Waals surface area contributed by atoms with Crippen LogP contribution in [0.3, 0.4) is 0 Å². The Morgan fingerprint density at radius 3 is 2.76 bits per heavy atom. The van der Waals surface area contributed by atoms with Crippen LogP contribution in [0.25, 0.3) is 0 Å². The topological polar surface area (TPSA) is 55.1 Å². The smallest absolute Gasteiger partial charge is 0.228 e. The van der Waals surface area contributed by atoms with E-state index in [-0.39, 0.29) is 23.3 Å². The highest BCUT2D eigenvalue weighted by Gasteiger charge is 2.45. The molecule has 1 aromatic carbocycles. The Morgan fingerprint density at radius 2 is 2.10 bits per heavy atom. The lowest BCUT2D eigenvalue weighted by molar-refractivity contribution is -0.127. The molecule has 3 N–H and O–H groups in total. The molecule has 0 heterocycles. The fourth-order valence-corrected chi connectivity index (χ4v) is 3.65. The Labute approximate surface area is 139 Å². The Balaban J connectivity index is 2.18. The number of amides is 1. The van der Waals surface area contributed by atoms with Crippen LogP contribution in [0.1, 0.15) is 33.6 Å². The fraction of sp³-hybridized carbons (Fsp3) is 0.562. The summed E-state index contributed by atoms with van der Waals surface area (Å²) in [6.45, 7) is 6.40. The third kappa shape index (κ3) is 3.43. The van der Waals surface area contributed by atoms with Crippen molar-refractivity contribution in [2.75, 3.05) is 5.32 Å². The van der Waals surface area contributed by atoms with E-state index in [2.05, 4.69) is 42.0 Å². The van der Waals surface area contributed by atoms with Crippen molar-refractivity contribution >= 4 is 39.1 Å². The number of anilines is 1. The van der Waals surface area contributed by atoms with Crippen LogP contribution in [0.5, 0.6) is 0 Å². The zero-order valence-electron chi connectivity index (χ0n) is 12.6. The first-order valence-corrected chi connectivity index (χ1v) is 8.42. The summed E-state index contributed by atoms with van der Waals surface area (Å²) in [5.41, 5.74) is 6.75. The Kier molecular flexibility index (Phi) is 5.01. The molecule has 1 fully saturated rings. The van der Waals surface area contributed by atoms with Gasteiger partial charge >= 0.3 is 0 Å². The number of benzene rings is 1. The van der Waals surface area contributed by atoms with Crippen LogP contribution >= 0.6 is 27.5 Å². The molecule has 0 aliphatic heterocycles. The van der Waals surface area contributed by atoms with Gasteiger partial charge in [-0.2, -0.15) is 0 Å². The molecule has 0 saturated heterocycles. The van der Waals surface area contributed by atoms with Gasteiger partial charge in [-0.3, -0.25) is 4.79 Å². The molecule has 3 unspecified atom stereocenters. The average molecular weight is 374 g/mol. The zero-order valence-corrected chi connectivity index (χ0v) is 15.0. The van der Waals surface area contributed by atoms with Gasteiger partial charge in [-0.1, -0.05) is 32.4 Å². The van der Waals surface area contributed by atoms with Crippen LogP contribution in [0.15, 0.2) is 22.7 Å². The molecular weight excluding hydrogens is 352 g/mol. The Bertz CT molecular complexity index is 547. The lowest BCUT2D eigenvalue weighted by Gasteiger charge is -2.46. The first-order chi connectivity index (χ1) is 9.73. The summed E-state index contributed by atoms with van der Waals surface area (Å²) in [6, 6.07) is 5.55. The monoisotopic (exact) mass is 372 g/mol. The average Bonchev–Trinajstić information content (AvgIpc) is 2.40. The van der Waals surface area contributed by atoms with Crippen LogP contribution in [-0.4, -0.2) is 11.9 Å². The number of nitrogens with two attached hydrogens (primary N) is 1. The minimum absolute atomic E-state index is 0.0433. The number of halogens is 2. The maximum atomic E-state index is 12.7. The molecule has 1 amide bonds. The molecule has 3 atom stereocenters. The number of carbonyl (C=O) groups is 1. The molecule has 2 rings (SSSR count). The molecule has 1 aromatic rings. The minimum Gasteiger partial charge on any atom is -0.327 e. The summed E-state index contributed by atoms with van der Waals surface area (Å²) in [7, 11) is 0. The summed E-state index contributed by atoms with van der Waals surface area (Å²) >= 11 is 9.44. The maximum Gasteiger partial charge on any atom is 0.228 e. The van der Waals surface area contributed by atoms with Crippen LogP contribution in [-0.2, 0) is 4.79 Å². The lowest BCUT2D eigenvalue weighted by atomic mass is 9.61. The molecule has 0 radical (unpaired) electrons. The molecular formula is C16H22BrClN2O. The van der Waals surface area contributed by atoms with Gasteiger partial charge in [-0.25, -0.2) is 0 Å². The highest BCUT2D eigenvalue weighted by atomic mass is 79.9. The van der Waals surface area contributed by atoms with Gasteiger partial charge < -0.3 is 11.1 Å². The van der Waals surface area contributed by atoms with E-state index < -0.39 is 0 Å². The van der Waals surface area contributed by atoms with E-state index in [9.17, 15) is 4.79 Å². The van der Waals surface area contributed by atoms with Gasteiger partial charge in [0.1, 0.15) is 0 Å². The Morgan fingerprint density at radius 1 is 1.43 bits per heavy atom. The summed E-state index contributed by atoms with van der Waals surface area (Å²) in [4.78, 5) is 12.7. The zero-order chi connectivity index (χ0) is 15.8. The first kappa shape index (κ1) is 16.8. The van der Waals surface area contributed by atoms with E-state index >= 15 is 0 Å². The molecule has 1 aliphatic carbocycles. The first-order valence-electron chi connectivity index (χ1n) is 7.25. The second kappa shape index (κ2) is 6.27. The molecule has 3 nitrogen and oxygen atoms in total. The van der Waals surface area contributed by atoms with Crippen LogP contribution in [0.2, 0.25) is 5.02 Å². The Hall–Kier alpha value is -0.580. The summed E-state index contributed by atoms with van der Waals surface area (Å²) in [5.74, 6) is 0.310. The highest BCUT2D eigenvalue weighted by molar-refractivity contribution is 9.10. The van der Waals surface area contributed by atoms with Crippen molar-refractivity contribution in [3.8, 4) is 0 Å². The van der Waals surface area contributed by atoms with Crippen molar-refractivity contribution in [1.82, 2.24) is 0 Å². The van der Waals surface area contributed by atoms with Gasteiger partial charge in [0.15, 0.2) is 0 Å². The molecule has 0 bridgehead atoms. The van der Waals surface area contributed by atoms with E-state index in [1.807, 2.05) is 6.07 Å². The summed E-state index contributed by atoms with van der Waals surface area (Å²) < 4.78 is 0.832. The van der Waals surface area contributed by atoms with E-state index in [0.717, 1.165) is 17.3 Å². The SMILES string of the molecule is CC1C(N)CCC(C(=O)Nc2cc(Cl)ccc2Br)C1(C)C. The normalized spacial score (nSPS) is 28.2. The molecule has 5 heteroatoms. The van der Waals surface area contributed by atoms with E-state index in [0.29, 0.717) is 16.6 Å². The number of hydrogen-bond donors (Lipinski definition) is 2. The van der Waals surface area contributed by atoms with Gasteiger partial charge in [0.25, 0.3) is 0 Å². The number of nitrogens with one attached hydrogen (secondary N) is 1. The van der Waals surface area contributed by atoms with Gasteiger partial charge in [0.2, 0.25) is 5.91 Å².